The van der Waals surface area contributed by atoms with Crippen molar-refractivity contribution in [3.63, 3.8) is 0 Å². The summed E-state index contributed by atoms with van der Waals surface area (Å²) in [5, 5.41) is 3.39. The fourth-order valence-corrected chi connectivity index (χ4v) is 3.96. The van der Waals surface area contributed by atoms with Crippen molar-refractivity contribution in [1.82, 2.24) is 9.55 Å². The van der Waals surface area contributed by atoms with Gasteiger partial charge < -0.3 is 10.1 Å². The normalized spacial score (nSPS) is 15.6. The monoisotopic (exact) mass is 467 g/mol. The van der Waals surface area contributed by atoms with E-state index in [1.165, 1.54) is 12.1 Å². The summed E-state index contributed by atoms with van der Waals surface area (Å²) in [5.41, 5.74) is 4.76. The lowest BCUT2D eigenvalue weighted by molar-refractivity contribution is -0.0498. The van der Waals surface area contributed by atoms with Gasteiger partial charge in [-0.1, -0.05) is 40.2 Å². The lowest BCUT2D eigenvalue weighted by atomic mass is 10.0. The Morgan fingerprint density at radius 2 is 1.70 bits per heavy atom. The number of alkyl halides is 2. The number of rotatable bonds is 4. The van der Waals surface area contributed by atoms with Gasteiger partial charge in [0.05, 0.1) is 17.1 Å². The van der Waals surface area contributed by atoms with Crippen LogP contribution in [0.15, 0.2) is 83.3 Å². The number of ether oxygens (including phenoxy) is 1. The number of nitrogens with zero attached hydrogens (tertiary/aromatic N) is 2. The Balaban J connectivity index is 1.60. The highest BCUT2D eigenvalue weighted by Crippen LogP contribution is 2.37. The molecule has 4 aromatic rings. The molecule has 0 fully saturated rings. The molecule has 1 aliphatic heterocycles. The highest BCUT2D eigenvalue weighted by atomic mass is 79.9. The molecule has 1 N–H and O–H groups in total. The van der Waals surface area contributed by atoms with Crippen LogP contribution in [-0.4, -0.2) is 16.2 Å². The first-order valence-corrected chi connectivity index (χ1v) is 10.1. The second-order valence-corrected chi connectivity index (χ2v) is 7.81. The van der Waals surface area contributed by atoms with E-state index in [1.807, 2.05) is 30.3 Å². The molecule has 3 aromatic carbocycles. The van der Waals surface area contributed by atoms with Gasteiger partial charge in [0.25, 0.3) is 0 Å². The molecule has 1 aromatic heterocycles. The van der Waals surface area contributed by atoms with Crippen LogP contribution in [0.5, 0.6) is 5.75 Å². The van der Waals surface area contributed by atoms with Crippen molar-refractivity contribution in [3.8, 4) is 5.75 Å². The molecule has 0 radical (unpaired) electrons. The minimum absolute atomic E-state index is 0.0752. The van der Waals surface area contributed by atoms with Crippen molar-refractivity contribution in [2.45, 2.75) is 12.7 Å². The van der Waals surface area contributed by atoms with E-state index in [-0.39, 0.29) is 11.8 Å². The van der Waals surface area contributed by atoms with Crippen LogP contribution < -0.4 is 10.1 Å². The number of hydrogen-bond acceptors (Lipinski definition) is 3. The van der Waals surface area contributed by atoms with Crippen molar-refractivity contribution in [2.24, 2.45) is 0 Å². The van der Waals surface area contributed by atoms with Crippen LogP contribution in [0.3, 0.4) is 0 Å². The van der Waals surface area contributed by atoms with Crippen LogP contribution in [0.4, 0.5) is 14.7 Å². The van der Waals surface area contributed by atoms with E-state index in [4.69, 9.17) is 4.98 Å². The van der Waals surface area contributed by atoms with E-state index >= 15 is 0 Å². The maximum atomic E-state index is 12.4. The Hall–Kier alpha value is -3.19. The minimum atomic E-state index is -2.84. The predicted molar refractivity (Wildman–Crippen MR) is 117 cm³/mol. The summed E-state index contributed by atoms with van der Waals surface area (Å²) in [6.07, 6.45) is 2.12. The Morgan fingerprint density at radius 3 is 2.43 bits per heavy atom. The Labute approximate surface area is 179 Å². The minimum Gasteiger partial charge on any atom is -0.435 e. The third-order valence-electron chi connectivity index (χ3n) is 5.05. The van der Waals surface area contributed by atoms with Gasteiger partial charge in [0, 0.05) is 10.2 Å². The SMILES string of the molecule is FC(F)Oc1ccc(C2=C[C@H](c3ccc(Br)cc3)n3c(nc4ccccc43)N2)cc1. The number of nitrogens with one attached hydrogen (secondary N) is 1. The van der Waals surface area contributed by atoms with Gasteiger partial charge in [-0.05, 0) is 65.7 Å². The average Bonchev–Trinajstić information content (AvgIpc) is 3.12. The summed E-state index contributed by atoms with van der Waals surface area (Å²) in [7, 11) is 0. The molecule has 5 rings (SSSR count). The highest BCUT2D eigenvalue weighted by molar-refractivity contribution is 9.10. The molecule has 0 saturated heterocycles. The fraction of sp³-hybridized carbons (Fsp3) is 0.0870. The highest BCUT2D eigenvalue weighted by Gasteiger charge is 2.25. The molecule has 2 heterocycles. The van der Waals surface area contributed by atoms with Crippen molar-refractivity contribution < 1.29 is 13.5 Å². The molecule has 4 nitrogen and oxygen atoms in total. The first-order valence-electron chi connectivity index (χ1n) is 9.35. The molecule has 150 valence electrons. The lowest BCUT2D eigenvalue weighted by Crippen LogP contribution is -2.19. The number of para-hydroxylation sites is 2. The molecular weight excluding hydrogens is 452 g/mol. The largest absolute Gasteiger partial charge is 0.435 e. The molecule has 1 atom stereocenters. The number of halogens is 3. The standard InChI is InChI=1S/C23H16BrF2N3O/c24-16-9-5-15(6-10-16)21-13-19(14-7-11-17(12-8-14)30-22(25)26)28-23-27-18-3-1-2-4-20(18)29(21)23/h1-13,21-22H,(H,27,28)/t21-/m1/s1. The van der Waals surface area contributed by atoms with Gasteiger partial charge in [-0.25, -0.2) is 4.98 Å². The zero-order valence-electron chi connectivity index (χ0n) is 15.6. The molecule has 1 aliphatic rings. The zero-order valence-corrected chi connectivity index (χ0v) is 17.2. The van der Waals surface area contributed by atoms with E-state index in [2.05, 4.69) is 54.8 Å². The van der Waals surface area contributed by atoms with E-state index < -0.39 is 6.61 Å². The fourth-order valence-electron chi connectivity index (χ4n) is 3.70. The van der Waals surface area contributed by atoms with Crippen LogP contribution in [0.1, 0.15) is 17.2 Å². The van der Waals surface area contributed by atoms with Gasteiger partial charge in [0.1, 0.15) is 5.75 Å². The lowest BCUT2D eigenvalue weighted by Gasteiger charge is -2.26. The Morgan fingerprint density at radius 1 is 0.967 bits per heavy atom. The van der Waals surface area contributed by atoms with E-state index in [9.17, 15) is 8.78 Å². The molecule has 0 amide bonds. The van der Waals surface area contributed by atoms with Crippen molar-refractivity contribution >= 4 is 38.6 Å². The zero-order chi connectivity index (χ0) is 20.7. The average molecular weight is 468 g/mol. The van der Waals surface area contributed by atoms with Crippen LogP contribution in [0.25, 0.3) is 16.7 Å². The molecule has 30 heavy (non-hydrogen) atoms. The van der Waals surface area contributed by atoms with Crippen molar-refractivity contribution in [1.29, 1.82) is 0 Å². The molecule has 0 unspecified atom stereocenters. The smallest absolute Gasteiger partial charge is 0.387 e. The van der Waals surface area contributed by atoms with Gasteiger partial charge in [-0.3, -0.25) is 4.57 Å². The number of fused-ring (bicyclic) bond motifs is 3. The van der Waals surface area contributed by atoms with Crippen LogP contribution >= 0.6 is 15.9 Å². The van der Waals surface area contributed by atoms with Gasteiger partial charge in [-0.2, -0.15) is 8.78 Å². The molecule has 0 spiro atoms. The quantitative estimate of drug-likeness (QED) is 0.374. The van der Waals surface area contributed by atoms with E-state index in [1.54, 1.807) is 12.1 Å². The van der Waals surface area contributed by atoms with Crippen molar-refractivity contribution in [3.05, 3.63) is 94.5 Å². The second-order valence-electron chi connectivity index (χ2n) is 6.90. The van der Waals surface area contributed by atoms with E-state index in [0.29, 0.717) is 0 Å². The van der Waals surface area contributed by atoms with Gasteiger partial charge in [0.2, 0.25) is 5.95 Å². The number of hydrogen-bond donors (Lipinski definition) is 1. The Bertz CT molecular complexity index is 1230. The summed E-state index contributed by atoms with van der Waals surface area (Å²) >= 11 is 3.49. The maximum absolute atomic E-state index is 12.4. The number of allylic oxidation sites excluding steroid dienone is 1. The predicted octanol–water partition coefficient (Wildman–Crippen LogP) is 6.46. The second kappa shape index (κ2) is 7.57. The summed E-state index contributed by atoms with van der Waals surface area (Å²) in [4.78, 5) is 4.76. The Kier molecular flexibility index (Phi) is 4.75. The van der Waals surface area contributed by atoms with Crippen LogP contribution in [0.2, 0.25) is 0 Å². The number of aromatic nitrogens is 2. The molecule has 0 aliphatic carbocycles. The van der Waals surface area contributed by atoms with Crippen molar-refractivity contribution in [2.75, 3.05) is 5.32 Å². The van der Waals surface area contributed by atoms with E-state index in [0.717, 1.165) is 38.3 Å². The third-order valence-corrected chi connectivity index (χ3v) is 5.58. The maximum Gasteiger partial charge on any atom is 0.387 e. The first kappa shape index (κ1) is 18.8. The topological polar surface area (TPSA) is 39.1 Å². The summed E-state index contributed by atoms with van der Waals surface area (Å²) < 4.78 is 32.5. The molecule has 0 saturated carbocycles. The summed E-state index contributed by atoms with van der Waals surface area (Å²) in [6.45, 7) is -2.84. The van der Waals surface area contributed by atoms with Crippen LogP contribution in [0, 0.1) is 0 Å². The van der Waals surface area contributed by atoms with Crippen LogP contribution in [-0.2, 0) is 0 Å². The molecule has 0 bridgehead atoms. The number of benzene rings is 3. The number of anilines is 1. The molecular formula is C23H16BrF2N3O. The van der Waals surface area contributed by atoms with Gasteiger partial charge in [0.15, 0.2) is 0 Å². The van der Waals surface area contributed by atoms with Gasteiger partial charge >= 0.3 is 6.61 Å². The number of imidazole rings is 1. The first-order chi connectivity index (χ1) is 14.6. The third kappa shape index (κ3) is 3.45. The molecule has 7 heteroatoms. The summed E-state index contributed by atoms with van der Waals surface area (Å²) in [5.74, 6) is 0.858. The summed E-state index contributed by atoms with van der Waals surface area (Å²) in [6, 6.07) is 22.7. The van der Waals surface area contributed by atoms with Gasteiger partial charge in [-0.15, -0.1) is 0 Å².